The largest absolute Gasteiger partial charge is 0.391 e. The zero-order valence-corrected chi connectivity index (χ0v) is 35.4. The van der Waals surface area contributed by atoms with Crippen LogP contribution in [0, 0.1) is 6.92 Å². The van der Waals surface area contributed by atoms with Crippen LogP contribution < -0.4 is 16.6 Å². The predicted octanol–water partition coefficient (Wildman–Crippen LogP) is 8.07. The van der Waals surface area contributed by atoms with Crippen LogP contribution in [0.2, 0.25) is 11.1 Å². The molecule has 0 bridgehead atoms. The predicted molar refractivity (Wildman–Crippen MR) is 214 cm³/mol. The van der Waals surface area contributed by atoms with E-state index >= 15 is 0 Å². The van der Waals surface area contributed by atoms with E-state index in [-0.39, 0.29) is 30.0 Å². The summed E-state index contributed by atoms with van der Waals surface area (Å²) in [5.41, 5.74) is -0.357. The summed E-state index contributed by atoms with van der Waals surface area (Å²) in [6.07, 6.45) is 15.5. The van der Waals surface area contributed by atoms with Crippen molar-refractivity contribution < 1.29 is 28.3 Å². The van der Waals surface area contributed by atoms with Gasteiger partial charge in [-0.2, -0.15) is 0 Å². The smallest absolute Gasteiger partial charge is 0.343 e. The van der Waals surface area contributed by atoms with E-state index in [2.05, 4.69) is 58.4 Å². The summed E-state index contributed by atoms with van der Waals surface area (Å²) >= 11 is 0. The summed E-state index contributed by atoms with van der Waals surface area (Å²) in [5.74, 6) is 0.243. The van der Waals surface area contributed by atoms with E-state index in [1.54, 1.807) is 13.8 Å². The van der Waals surface area contributed by atoms with E-state index in [0.29, 0.717) is 36.2 Å². The molecule has 2 rings (SSSR count). The summed E-state index contributed by atoms with van der Waals surface area (Å²) in [6, 6.07) is 0. The molecule has 1 saturated heterocycles. The van der Waals surface area contributed by atoms with Crippen molar-refractivity contribution in [3.05, 3.63) is 44.8 Å². The van der Waals surface area contributed by atoms with E-state index in [4.69, 9.17) is 13.6 Å². The van der Waals surface area contributed by atoms with Crippen molar-refractivity contribution in [3.8, 4) is 0 Å². The van der Waals surface area contributed by atoms with Crippen LogP contribution >= 0.6 is 0 Å². The third-order valence-corrected chi connectivity index (χ3v) is 15.7. The second kappa shape index (κ2) is 23.5. The van der Waals surface area contributed by atoms with E-state index in [0.717, 1.165) is 45.1 Å². The molecule has 2 heterocycles. The molecule has 1 aliphatic rings. The van der Waals surface area contributed by atoms with Gasteiger partial charge in [0.05, 0.1) is 18.3 Å². The molecule has 1 unspecified atom stereocenters. The number of carbonyl (C=O) groups excluding carboxylic acids is 2. The number of rotatable bonds is 28. The Hall–Kier alpha value is -2.38. The fourth-order valence-corrected chi connectivity index (χ4v) is 11.4. The van der Waals surface area contributed by atoms with E-state index < -0.39 is 43.8 Å². The van der Waals surface area contributed by atoms with Gasteiger partial charge in [0.25, 0.3) is 5.56 Å². The van der Waals surface area contributed by atoms with E-state index in [9.17, 15) is 24.3 Å². The molecule has 1 aromatic heterocycles. The highest BCUT2D eigenvalue weighted by molar-refractivity contribution is 6.70. The number of aliphatic hydroxyl groups excluding tert-OH is 1. The Morgan fingerprint density at radius 3 is 2.06 bits per heavy atom. The van der Waals surface area contributed by atoms with Crippen LogP contribution in [0.5, 0.6) is 0 Å². The highest BCUT2D eigenvalue weighted by Gasteiger charge is 2.51. The second-order valence-corrected chi connectivity index (χ2v) is 20.2. The molecule has 3 N–H and O–H groups in total. The number of amides is 1. The minimum absolute atomic E-state index is 0.0506. The van der Waals surface area contributed by atoms with Crippen molar-refractivity contribution in [2.24, 2.45) is 0 Å². The van der Waals surface area contributed by atoms with Crippen LogP contribution in [-0.2, 0) is 23.2 Å². The zero-order chi connectivity index (χ0) is 39.6. The number of H-pyrrole nitrogens is 1. The van der Waals surface area contributed by atoms with Gasteiger partial charge in [-0.05, 0) is 57.0 Å². The van der Waals surface area contributed by atoms with Gasteiger partial charge in [-0.1, -0.05) is 106 Å². The minimum atomic E-state index is -2.93. The monoisotopic (exact) mass is 764 g/mol. The van der Waals surface area contributed by atoms with Crippen LogP contribution in [0.3, 0.4) is 0 Å². The Balaban J connectivity index is 1.79. The average molecular weight is 764 g/mol. The second-order valence-electron chi connectivity index (χ2n) is 16.0. The van der Waals surface area contributed by atoms with Gasteiger partial charge in [-0.15, -0.1) is 0 Å². The third-order valence-electron chi connectivity index (χ3n) is 11.1. The first-order valence-electron chi connectivity index (χ1n) is 20.6. The van der Waals surface area contributed by atoms with Crippen LogP contribution in [-0.4, -0.2) is 65.9 Å². The SMILES string of the molecule is C=C(C)C(=O)NCCCCCCCCCCCCCC(=O)CCC(CC)(CC)O[Si](OC[C@H]1O[C@@H](n2cc(C)c(=O)[nH]c2=O)CC1O)(C(C)C)C(C)C. The fourth-order valence-electron chi connectivity index (χ4n) is 7.33. The lowest BCUT2D eigenvalue weighted by atomic mass is 9.90. The number of carbonyl (C=O) groups is 2. The molecule has 0 radical (unpaired) electrons. The maximum atomic E-state index is 13.1. The van der Waals surface area contributed by atoms with Gasteiger partial charge >= 0.3 is 14.3 Å². The van der Waals surface area contributed by atoms with Gasteiger partial charge in [0.2, 0.25) is 5.91 Å². The van der Waals surface area contributed by atoms with Gasteiger partial charge in [-0.25, -0.2) is 4.79 Å². The molecule has 0 spiro atoms. The van der Waals surface area contributed by atoms with Crippen LogP contribution in [0.25, 0.3) is 0 Å². The number of aliphatic hydroxyl groups is 1. The molecule has 1 amide bonds. The number of unbranched alkanes of at least 4 members (excludes halogenated alkanes) is 10. The molecule has 11 nitrogen and oxygen atoms in total. The number of aryl methyl sites for hydroxylation is 1. The van der Waals surface area contributed by atoms with Crippen molar-refractivity contribution in [2.75, 3.05) is 13.2 Å². The molecule has 0 aliphatic carbocycles. The van der Waals surface area contributed by atoms with Crippen LogP contribution in [0.15, 0.2) is 27.9 Å². The summed E-state index contributed by atoms with van der Waals surface area (Å²) in [5, 5.41) is 13.8. The quantitative estimate of drug-likeness (QED) is 0.0441. The lowest BCUT2D eigenvalue weighted by Gasteiger charge is -2.46. The maximum absolute atomic E-state index is 13.1. The molecule has 1 fully saturated rings. The first-order chi connectivity index (χ1) is 25.1. The van der Waals surface area contributed by atoms with E-state index in [1.165, 1.54) is 55.7 Å². The number of aromatic amines is 1. The number of ketones is 1. The van der Waals surface area contributed by atoms with Crippen molar-refractivity contribution in [1.82, 2.24) is 14.9 Å². The Kier molecular flexibility index (Phi) is 20.8. The lowest BCUT2D eigenvalue weighted by Crippen LogP contribution is -2.56. The number of aromatic nitrogens is 2. The zero-order valence-electron chi connectivity index (χ0n) is 34.4. The molecule has 1 aromatic rings. The Bertz CT molecular complexity index is 1380. The summed E-state index contributed by atoms with van der Waals surface area (Å²) < 4.78 is 21.5. The Labute approximate surface area is 320 Å². The summed E-state index contributed by atoms with van der Waals surface area (Å²) in [7, 11) is -2.93. The first-order valence-corrected chi connectivity index (χ1v) is 22.5. The topological polar surface area (TPSA) is 149 Å². The standard InChI is InChI=1S/C41H73N3O8Si/c1-10-41(11-2,25-24-34(45)23-21-19-17-15-13-12-14-16-18-20-22-26-42-38(47)30(3)4)52-53(31(5)6,32(7)8)50-29-36-35(46)27-37(51-36)44-28-33(9)39(48)43-40(44)49/h28,31-32,35-37,46H,3,10-27,29H2,1-2,4-9H3,(H,42,47)(H,43,48,49)/t35?,36-,37-/m1/s1. The number of nitrogens with one attached hydrogen (secondary N) is 2. The summed E-state index contributed by atoms with van der Waals surface area (Å²) in [4.78, 5) is 51.2. The number of hydrogen-bond acceptors (Lipinski definition) is 8. The highest BCUT2D eigenvalue weighted by Crippen LogP contribution is 2.42. The van der Waals surface area contributed by atoms with Gasteiger partial charge in [0, 0.05) is 43.1 Å². The van der Waals surface area contributed by atoms with Gasteiger partial charge in [0.15, 0.2) is 0 Å². The minimum Gasteiger partial charge on any atom is -0.391 e. The molecular formula is C41H73N3O8Si. The molecule has 0 saturated carbocycles. The number of hydrogen-bond donors (Lipinski definition) is 3. The van der Waals surface area contributed by atoms with E-state index in [1.807, 2.05) is 0 Å². The maximum Gasteiger partial charge on any atom is 0.343 e. The lowest BCUT2D eigenvalue weighted by molar-refractivity contribution is -0.121. The first kappa shape index (κ1) is 46.8. The van der Waals surface area contributed by atoms with Crippen LogP contribution in [0.1, 0.15) is 169 Å². The van der Waals surface area contributed by atoms with Crippen molar-refractivity contribution in [2.45, 2.75) is 200 Å². The third kappa shape index (κ3) is 15.0. The molecule has 3 atom stereocenters. The Morgan fingerprint density at radius 2 is 1.53 bits per heavy atom. The fraction of sp³-hybridized carbons (Fsp3) is 0.805. The number of ether oxygens (including phenoxy) is 1. The van der Waals surface area contributed by atoms with Crippen molar-refractivity contribution >= 4 is 20.3 Å². The summed E-state index contributed by atoms with van der Waals surface area (Å²) in [6.45, 7) is 20.6. The van der Waals surface area contributed by atoms with Gasteiger partial charge in [0.1, 0.15) is 18.1 Å². The molecule has 53 heavy (non-hydrogen) atoms. The molecule has 1 aliphatic heterocycles. The molecule has 0 aromatic carbocycles. The Morgan fingerprint density at radius 1 is 0.981 bits per heavy atom. The normalized spacial score (nSPS) is 17.9. The van der Waals surface area contributed by atoms with Crippen molar-refractivity contribution in [3.63, 3.8) is 0 Å². The van der Waals surface area contributed by atoms with Gasteiger partial charge < -0.3 is 24.0 Å². The van der Waals surface area contributed by atoms with Gasteiger partial charge in [-0.3, -0.25) is 23.9 Å². The molecular weight excluding hydrogens is 691 g/mol. The molecule has 12 heteroatoms. The van der Waals surface area contributed by atoms with Crippen LogP contribution in [0.4, 0.5) is 0 Å². The average Bonchev–Trinajstić information content (AvgIpc) is 3.49. The number of Topliss-reactive ketones (excluding diaryl/α,β-unsaturated/α-hetero) is 1. The highest BCUT2D eigenvalue weighted by atomic mass is 28.4. The number of nitrogens with zero attached hydrogens (tertiary/aromatic N) is 1. The molecule has 304 valence electrons. The van der Waals surface area contributed by atoms with Crippen molar-refractivity contribution in [1.29, 1.82) is 0 Å².